The van der Waals surface area contributed by atoms with Crippen molar-refractivity contribution in [1.82, 2.24) is 0 Å². The van der Waals surface area contributed by atoms with E-state index in [-0.39, 0.29) is 31.8 Å². The zero-order chi connectivity index (χ0) is 21.9. The van der Waals surface area contributed by atoms with E-state index in [1.54, 1.807) is 0 Å². The van der Waals surface area contributed by atoms with Crippen LogP contribution in [-0.4, -0.2) is 16.8 Å². The summed E-state index contributed by atoms with van der Waals surface area (Å²) in [5, 5.41) is 9.30. The predicted molar refractivity (Wildman–Crippen MR) is 116 cm³/mol. The number of nitrogens with zero attached hydrogens (tertiary/aromatic N) is 1. The Morgan fingerprint density at radius 1 is 0.767 bits per heavy atom. The molecule has 0 aromatic heterocycles. The normalized spacial score (nSPS) is 11.5. The molecule has 3 aromatic rings. The van der Waals surface area contributed by atoms with Crippen molar-refractivity contribution in [2.45, 2.75) is 9.79 Å². The molecular formula is C19H13Cl2N3O4S2. The molecule has 7 nitrogen and oxygen atoms in total. The number of anilines is 2. The zero-order valence-corrected chi connectivity index (χ0v) is 18.1. The fourth-order valence-electron chi connectivity index (χ4n) is 2.45. The van der Waals surface area contributed by atoms with Gasteiger partial charge in [-0.3, -0.25) is 9.44 Å². The summed E-state index contributed by atoms with van der Waals surface area (Å²) in [4.78, 5) is -0.453. The van der Waals surface area contributed by atoms with Gasteiger partial charge in [0.15, 0.2) is 0 Å². The third kappa shape index (κ3) is 5.04. The highest BCUT2D eigenvalue weighted by molar-refractivity contribution is 7.93. The van der Waals surface area contributed by atoms with Crippen molar-refractivity contribution < 1.29 is 16.8 Å². The minimum atomic E-state index is -4.11. The van der Waals surface area contributed by atoms with Crippen molar-refractivity contribution in [1.29, 1.82) is 5.26 Å². The summed E-state index contributed by atoms with van der Waals surface area (Å²) in [5.74, 6) is 0. The maximum atomic E-state index is 12.7. The average molecular weight is 482 g/mol. The van der Waals surface area contributed by atoms with Gasteiger partial charge in [0.1, 0.15) is 4.90 Å². The first-order valence-corrected chi connectivity index (χ1v) is 11.9. The molecule has 0 saturated heterocycles. The van der Waals surface area contributed by atoms with Crippen LogP contribution in [0.25, 0.3) is 0 Å². The van der Waals surface area contributed by atoms with Gasteiger partial charge in [0.05, 0.1) is 27.2 Å². The standard InChI is InChI=1S/C19H13Cl2N3O4S2/c20-14-4-6-15(7-5-14)23-30(27,28)19-11-16(8-9-18(19)21)24-29(25,26)17-3-1-2-13(10-17)12-22/h1-11,23-24H. The molecule has 0 amide bonds. The summed E-state index contributed by atoms with van der Waals surface area (Å²) in [6.45, 7) is 0. The van der Waals surface area contributed by atoms with Crippen molar-refractivity contribution in [3.63, 3.8) is 0 Å². The highest BCUT2D eigenvalue weighted by Gasteiger charge is 2.21. The van der Waals surface area contributed by atoms with Gasteiger partial charge in [-0.25, -0.2) is 16.8 Å². The number of sulfonamides is 2. The Labute approximate surface area is 184 Å². The van der Waals surface area contributed by atoms with Crippen LogP contribution in [0.5, 0.6) is 0 Å². The Bertz CT molecular complexity index is 1350. The number of hydrogen-bond donors (Lipinski definition) is 2. The van der Waals surface area contributed by atoms with E-state index >= 15 is 0 Å². The molecule has 30 heavy (non-hydrogen) atoms. The molecule has 0 atom stereocenters. The highest BCUT2D eigenvalue weighted by atomic mass is 35.5. The van der Waals surface area contributed by atoms with E-state index in [0.717, 1.165) is 6.07 Å². The fraction of sp³-hybridized carbons (Fsp3) is 0. The van der Waals surface area contributed by atoms with E-state index in [1.165, 1.54) is 60.7 Å². The molecular weight excluding hydrogens is 469 g/mol. The monoisotopic (exact) mass is 481 g/mol. The molecule has 11 heteroatoms. The molecule has 0 spiro atoms. The number of halogens is 2. The number of nitriles is 1. The van der Waals surface area contributed by atoms with Crippen LogP contribution in [-0.2, 0) is 20.0 Å². The molecule has 3 rings (SSSR count). The van der Waals surface area contributed by atoms with E-state index in [2.05, 4.69) is 9.44 Å². The van der Waals surface area contributed by atoms with E-state index < -0.39 is 20.0 Å². The van der Waals surface area contributed by atoms with Crippen LogP contribution in [0.2, 0.25) is 10.0 Å². The van der Waals surface area contributed by atoms with Gasteiger partial charge in [-0.1, -0.05) is 29.3 Å². The molecule has 2 N–H and O–H groups in total. The summed E-state index contributed by atoms with van der Waals surface area (Å²) in [5.41, 5.74) is 0.414. The molecule has 0 heterocycles. The van der Waals surface area contributed by atoms with Gasteiger partial charge in [0, 0.05) is 10.7 Å². The maximum Gasteiger partial charge on any atom is 0.263 e. The lowest BCUT2D eigenvalue weighted by Gasteiger charge is -2.13. The number of benzene rings is 3. The summed E-state index contributed by atoms with van der Waals surface area (Å²) in [6, 6.07) is 17.0. The Balaban J connectivity index is 1.93. The highest BCUT2D eigenvalue weighted by Crippen LogP contribution is 2.28. The summed E-state index contributed by atoms with van der Waals surface area (Å²) < 4.78 is 55.3. The average Bonchev–Trinajstić information content (AvgIpc) is 2.71. The molecule has 0 aliphatic rings. The predicted octanol–water partition coefficient (Wildman–Crippen LogP) is 4.47. The minimum Gasteiger partial charge on any atom is -0.280 e. The maximum absolute atomic E-state index is 12.7. The lowest BCUT2D eigenvalue weighted by atomic mass is 10.2. The molecule has 0 aliphatic carbocycles. The van der Waals surface area contributed by atoms with Crippen LogP contribution < -0.4 is 9.44 Å². The third-order valence-corrected chi connectivity index (χ3v) is 7.34. The number of rotatable bonds is 6. The van der Waals surface area contributed by atoms with Crippen LogP contribution >= 0.6 is 23.2 Å². The first-order valence-electron chi connectivity index (χ1n) is 8.22. The van der Waals surface area contributed by atoms with E-state index in [4.69, 9.17) is 28.5 Å². The summed E-state index contributed by atoms with van der Waals surface area (Å²) >= 11 is 11.8. The van der Waals surface area contributed by atoms with Crippen LogP contribution in [0, 0.1) is 11.3 Å². The van der Waals surface area contributed by atoms with Gasteiger partial charge < -0.3 is 0 Å². The van der Waals surface area contributed by atoms with Gasteiger partial charge >= 0.3 is 0 Å². The van der Waals surface area contributed by atoms with Crippen LogP contribution in [0.15, 0.2) is 76.5 Å². The summed E-state index contributed by atoms with van der Waals surface area (Å²) in [6.07, 6.45) is 0. The Hall–Kier alpha value is -2.77. The fourth-order valence-corrected chi connectivity index (χ4v) is 5.25. The second kappa shape index (κ2) is 8.53. The molecule has 0 aliphatic heterocycles. The Kier molecular flexibility index (Phi) is 6.24. The Morgan fingerprint density at radius 3 is 2.07 bits per heavy atom. The lowest BCUT2D eigenvalue weighted by Crippen LogP contribution is -2.16. The van der Waals surface area contributed by atoms with Gasteiger partial charge in [-0.15, -0.1) is 0 Å². The van der Waals surface area contributed by atoms with Crippen LogP contribution in [0.3, 0.4) is 0 Å². The molecule has 3 aromatic carbocycles. The van der Waals surface area contributed by atoms with Crippen LogP contribution in [0.1, 0.15) is 5.56 Å². The Morgan fingerprint density at radius 2 is 1.40 bits per heavy atom. The second-order valence-electron chi connectivity index (χ2n) is 6.00. The van der Waals surface area contributed by atoms with Crippen molar-refractivity contribution in [2.24, 2.45) is 0 Å². The molecule has 0 saturated carbocycles. The SMILES string of the molecule is N#Cc1cccc(S(=O)(=O)Nc2ccc(Cl)c(S(=O)(=O)Nc3ccc(Cl)cc3)c2)c1. The quantitative estimate of drug-likeness (QED) is 0.538. The van der Waals surface area contributed by atoms with Crippen molar-refractivity contribution in [3.8, 4) is 6.07 Å². The summed E-state index contributed by atoms with van der Waals surface area (Å²) in [7, 11) is -8.17. The van der Waals surface area contributed by atoms with E-state index in [0.29, 0.717) is 5.02 Å². The smallest absolute Gasteiger partial charge is 0.263 e. The lowest BCUT2D eigenvalue weighted by molar-refractivity contribution is 0.598. The third-order valence-electron chi connectivity index (χ3n) is 3.84. The first kappa shape index (κ1) is 21.9. The first-order chi connectivity index (χ1) is 14.1. The van der Waals surface area contributed by atoms with Gasteiger partial charge in [0.25, 0.3) is 20.0 Å². The molecule has 154 valence electrons. The minimum absolute atomic E-state index is 0.0155. The van der Waals surface area contributed by atoms with E-state index in [1.807, 2.05) is 6.07 Å². The molecule has 0 bridgehead atoms. The van der Waals surface area contributed by atoms with Crippen molar-refractivity contribution >= 4 is 54.6 Å². The molecule has 0 fully saturated rings. The van der Waals surface area contributed by atoms with Crippen LogP contribution in [0.4, 0.5) is 11.4 Å². The second-order valence-corrected chi connectivity index (χ2v) is 10.2. The topological polar surface area (TPSA) is 116 Å². The molecule has 0 unspecified atom stereocenters. The largest absolute Gasteiger partial charge is 0.280 e. The van der Waals surface area contributed by atoms with Crippen molar-refractivity contribution in [3.05, 3.63) is 82.3 Å². The number of hydrogen-bond acceptors (Lipinski definition) is 5. The van der Waals surface area contributed by atoms with E-state index in [9.17, 15) is 16.8 Å². The van der Waals surface area contributed by atoms with Gasteiger partial charge in [-0.05, 0) is 60.7 Å². The number of nitrogens with one attached hydrogen (secondary N) is 2. The zero-order valence-electron chi connectivity index (χ0n) is 15.0. The van der Waals surface area contributed by atoms with Gasteiger partial charge in [-0.2, -0.15) is 5.26 Å². The van der Waals surface area contributed by atoms with Gasteiger partial charge in [0.2, 0.25) is 0 Å². The van der Waals surface area contributed by atoms with Crippen molar-refractivity contribution in [2.75, 3.05) is 9.44 Å². The molecule has 0 radical (unpaired) electrons.